The SMILES string of the molecule is CCCC(C(=Nc1cc(C)ccc1C)N(C=O)CC)N1CCCN(C)CC1. The van der Waals surface area contributed by atoms with Gasteiger partial charge in [-0.3, -0.25) is 9.69 Å². The molecule has 1 aliphatic heterocycles. The smallest absolute Gasteiger partial charge is 0.215 e. The Morgan fingerprint density at radius 3 is 2.67 bits per heavy atom. The molecule has 1 unspecified atom stereocenters. The molecule has 1 atom stereocenters. The van der Waals surface area contributed by atoms with Crippen LogP contribution < -0.4 is 0 Å². The summed E-state index contributed by atoms with van der Waals surface area (Å²) in [6.45, 7) is 13.3. The van der Waals surface area contributed by atoms with E-state index in [0.29, 0.717) is 6.54 Å². The summed E-state index contributed by atoms with van der Waals surface area (Å²) in [6, 6.07) is 6.51. The van der Waals surface area contributed by atoms with Gasteiger partial charge in [-0.2, -0.15) is 0 Å². The van der Waals surface area contributed by atoms with E-state index in [9.17, 15) is 4.79 Å². The van der Waals surface area contributed by atoms with Gasteiger partial charge >= 0.3 is 0 Å². The summed E-state index contributed by atoms with van der Waals surface area (Å²) in [5.41, 5.74) is 3.31. The van der Waals surface area contributed by atoms with Crippen LogP contribution in [0, 0.1) is 13.8 Å². The van der Waals surface area contributed by atoms with Gasteiger partial charge in [-0.15, -0.1) is 0 Å². The van der Waals surface area contributed by atoms with Gasteiger partial charge < -0.3 is 9.80 Å². The van der Waals surface area contributed by atoms with E-state index in [1.54, 1.807) is 4.90 Å². The minimum absolute atomic E-state index is 0.173. The Kier molecular flexibility index (Phi) is 8.45. The molecule has 5 heteroatoms. The fourth-order valence-electron chi connectivity index (χ4n) is 3.71. The molecule has 2 rings (SSSR count). The van der Waals surface area contributed by atoms with Gasteiger partial charge in [0, 0.05) is 26.2 Å². The first kappa shape index (κ1) is 21.6. The summed E-state index contributed by atoms with van der Waals surface area (Å²) in [4.78, 5) is 23.6. The molecule has 150 valence electrons. The number of amides is 1. The third-order valence-electron chi connectivity index (χ3n) is 5.42. The van der Waals surface area contributed by atoms with Crippen LogP contribution in [0.2, 0.25) is 0 Å². The van der Waals surface area contributed by atoms with E-state index >= 15 is 0 Å². The van der Waals surface area contributed by atoms with Gasteiger partial charge in [-0.1, -0.05) is 25.5 Å². The molecule has 1 amide bonds. The number of hydrogen-bond acceptors (Lipinski definition) is 4. The highest BCUT2D eigenvalue weighted by atomic mass is 16.1. The quantitative estimate of drug-likeness (QED) is 0.417. The van der Waals surface area contributed by atoms with Crippen LogP contribution in [0.3, 0.4) is 0 Å². The number of rotatable bonds is 7. The maximum absolute atomic E-state index is 11.8. The average molecular weight is 373 g/mol. The maximum atomic E-state index is 11.8. The molecular weight excluding hydrogens is 336 g/mol. The van der Waals surface area contributed by atoms with E-state index in [0.717, 1.165) is 68.9 Å². The van der Waals surface area contributed by atoms with Crippen LogP contribution in [0.5, 0.6) is 0 Å². The minimum atomic E-state index is 0.173. The lowest BCUT2D eigenvalue weighted by Crippen LogP contribution is -2.49. The van der Waals surface area contributed by atoms with E-state index in [2.05, 4.69) is 55.8 Å². The van der Waals surface area contributed by atoms with Gasteiger partial charge in [0.25, 0.3) is 0 Å². The number of aryl methyl sites for hydroxylation is 2. The molecular formula is C22H36N4O. The van der Waals surface area contributed by atoms with E-state index < -0.39 is 0 Å². The number of nitrogens with zero attached hydrogens (tertiary/aromatic N) is 4. The molecule has 0 saturated carbocycles. The summed E-state index contributed by atoms with van der Waals surface area (Å²) >= 11 is 0. The molecule has 1 saturated heterocycles. The number of benzene rings is 1. The normalized spacial score (nSPS) is 18.2. The number of carbonyl (C=O) groups is 1. The molecule has 1 heterocycles. The predicted molar refractivity (Wildman–Crippen MR) is 114 cm³/mol. The fraction of sp³-hybridized carbons (Fsp3) is 0.636. The van der Waals surface area contributed by atoms with E-state index in [4.69, 9.17) is 4.99 Å². The van der Waals surface area contributed by atoms with Crippen molar-refractivity contribution in [3.63, 3.8) is 0 Å². The molecule has 1 aromatic carbocycles. The van der Waals surface area contributed by atoms with Crippen molar-refractivity contribution in [2.24, 2.45) is 4.99 Å². The fourth-order valence-corrected chi connectivity index (χ4v) is 3.71. The highest BCUT2D eigenvalue weighted by Crippen LogP contribution is 2.23. The molecule has 0 spiro atoms. The van der Waals surface area contributed by atoms with Crippen LogP contribution in [0.15, 0.2) is 23.2 Å². The largest absolute Gasteiger partial charge is 0.305 e. The highest BCUT2D eigenvalue weighted by molar-refractivity contribution is 5.96. The number of likely N-dealkylation sites (N-methyl/N-ethyl adjacent to an activating group) is 2. The Bertz CT molecular complexity index is 643. The third kappa shape index (κ3) is 5.88. The average Bonchev–Trinajstić information content (AvgIpc) is 2.87. The van der Waals surface area contributed by atoms with Gasteiger partial charge in [-0.05, 0) is 64.4 Å². The summed E-state index contributed by atoms with van der Waals surface area (Å²) in [7, 11) is 2.19. The van der Waals surface area contributed by atoms with Crippen LogP contribution in [-0.2, 0) is 4.79 Å². The molecule has 0 N–H and O–H groups in total. The monoisotopic (exact) mass is 372 g/mol. The molecule has 5 nitrogen and oxygen atoms in total. The lowest BCUT2D eigenvalue weighted by Gasteiger charge is -2.34. The van der Waals surface area contributed by atoms with Crippen LogP contribution in [0.1, 0.15) is 44.2 Å². The van der Waals surface area contributed by atoms with Crippen LogP contribution >= 0.6 is 0 Å². The van der Waals surface area contributed by atoms with Crippen molar-refractivity contribution in [3.8, 4) is 0 Å². The molecule has 0 radical (unpaired) electrons. The van der Waals surface area contributed by atoms with Gasteiger partial charge in [0.15, 0.2) is 0 Å². The van der Waals surface area contributed by atoms with Crippen LogP contribution in [0.4, 0.5) is 5.69 Å². The Labute approximate surface area is 165 Å². The van der Waals surface area contributed by atoms with Crippen molar-refractivity contribution in [1.29, 1.82) is 0 Å². The second kappa shape index (κ2) is 10.6. The molecule has 0 aliphatic carbocycles. The minimum Gasteiger partial charge on any atom is -0.305 e. The van der Waals surface area contributed by atoms with E-state index in [1.807, 2.05) is 6.92 Å². The maximum Gasteiger partial charge on any atom is 0.215 e. The topological polar surface area (TPSA) is 39.2 Å². The Balaban J connectivity index is 2.46. The van der Waals surface area contributed by atoms with Gasteiger partial charge in [0.1, 0.15) is 5.84 Å². The van der Waals surface area contributed by atoms with Crippen LogP contribution in [0.25, 0.3) is 0 Å². The van der Waals surface area contributed by atoms with Gasteiger partial charge in [-0.25, -0.2) is 4.99 Å². The highest BCUT2D eigenvalue weighted by Gasteiger charge is 2.28. The number of aliphatic imine (C=N–C) groups is 1. The summed E-state index contributed by atoms with van der Waals surface area (Å²) in [6.07, 6.45) is 4.17. The first-order valence-corrected chi connectivity index (χ1v) is 10.3. The first-order chi connectivity index (χ1) is 13.0. The molecule has 0 aromatic heterocycles. The van der Waals surface area contributed by atoms with Crippen LogP contribution in [-0.4, -0.2) is 72.8 Å². The summed E-state index contributed by atoms with van der Waals surface area (Å²) in [5.74, 6) is 0.896. The zero-order valence-corrected chi connectivity index (χ0v) is 17.7. The molecule has 0 bridgehead atoms. The lowest BCUT2D eigenvalue weighted by atomic mass is 10.1. The first-order valence-electron chi connectivity index (χ1n) is 10.3. The van der Waals surface area contributed by atoms with E-state index in [-0.39, 0.29) is 6.04 Å². The van der Waals surface area contributed by atoms with Gasteiger partial charge in [0.05, 0.1) is 11.7 Å². The second-order valence-corrected chi connectivity index (χ2v) is 7.65. The summed E-state index contributed by atoms with van der Waals surface area (Å²) in [5, 5.41) is 0. The van der Waals surface area contributed by atoms with Crippen molar-refractivity contribution < 1.29 is 4.79 Å². The summed E-state index contributed by atoms with van der Waals surface area (Å²) < 4.78 is 0. The van der Waals surface area contributed by atoms with Gasteiger partial charge in [0.2, 0.25) is 6.41 Å². The zero-order chi connectivity index (χ0) is 19.8. The Morgan fingerprint density at radius 2 is 2.00 bits per heavy atom. The van der Waals surface area contributed by atoms with Crippen molar-refractivity contribution in [2.45, 2.75) is 53.0 Å². The third-order valence-corrected chi connectivity index (χ3v) is 5.42. The van der Waals surface area contributed by atoms with E-state index in [1.165, 1.54) is 5.56 Å². The number of hydrogen-bond donors (Lipinski definition) is 0. The molecule has 1 aromatic rings. The number of amidine groups is 1. The molecule has 1 aliphatic rings. The standard InChI is InChI=1S/C22H36N4O/c1-6-9-21(26-13-8-12-24(5)14-15-26)22(25(7-2)17-27)23-20-16-18(3)10-11-19(20)4/h10-11,16-17,21H,6-9,12-15H2,1-5H3. The zero-order valence-electron chi connectivity index (χ0n) is 17.7. The Morgan fingerprint density at radius 1 is 1.22 bits per heavy atom. The van der Waals surface area contributed by atoms with Crippen molar-refractivity contribution in [3.05, 3.63) is 29.3 Å². The molecule has 27 heavy (non-hydrogen) atoms. The number of carbonyl (C=O) groups excluding carboxylic acids is 1. The predicted octanol–water partition coefficient (Wildman–Crippen LogP) is 3.62. The molecule has 1 fully saturated rings. The lowest BCUT2D eigenvalue weighted by molar-refractivity contribution is -0.114. The second-order valence-electron chi connectivity index (χ2n) is 7.65. The Hall–Kier alpha value is -1.72. The van der Waals surface area contributed by atoms with Crippen molar-refractivity contribution in [1.82, 2.24) is 14.7 Å². The van der Waals surface area contributed by atoms with Crippen molar-refractivity contribution >= 4 is 17.9 Å². The van der Waals surface area contributed by atoms with Crippen molar-refractivity contribution in [2.75, 3.05) is 39.8 Å².